The van der Waals surface area contributed by atoms with Gasteiger partial charge in [-0.1, -0.05) is 24.3 Å². The molecule has 0 amide bonds. The van der Waals surface area contributed by atoms with Gasteiger partial charge in [-0.05, 0) is 24.3 Å². The summed E-state index contributed by atoms with van der Waals surface area (Å²) in [6.45, 7) is 0. The van der Waals surface area contributed by atoms with E-state index in [0.717, 1.165) is 22.2 Å². The van der Waals surface area contributed by atoms with Crippen molar-refractivity contribution < 1.29 is 8.83 Å². The Bertz CT molecular complexity index is 826. The molecule has 0 fully saturated rings. The topological polar surface area (TPSA) is 52.1 Å². The molecular formula is C16H8N2O2. The number of nitrogens with zero attached hydrogens (tertiary/aromatic N) is 2. The first-order valence-corrected chi connectivity index (χ1v) is 6.12. The zero-order valence-corrected chi connectivity index (χ0v) is 10.3. The van der Waals surface area contributed by atoms with E-state index in [4.69, 9.17) is 8.83 Å². The van der Waals surface area contributed by atoms with Crippen LogP contribution < -0.4 is 0 Å². The van der Waals surface area contributed by atoms with Crippen molar-refractivity contribution in [2.75, 3.05) is 0 Å². The van der Waals surface area contributed by atoms with Crippen molar-refractivity contribution in [3.05, 3.63) is 60.3 Å². The molecule has 0 radical (unpaired) electrons. The maximum atomic E-state index is 5.51. The predicted octanol–water partition coefficient (Wildman–Crippen LogP) is 3.37. The van der Waals surface area contributed by atoms with Gasteiger partial charge in [0, 0.05) is 11.8 Å². The summed E-state index contributed by atoms with van der Waals surface area (Å²) in [5, 5.41) is 0. The van der Waals surface area contributed by atoms with E-state index < -0.39 is 0 Å². The second-order valence-corrected chi connectivity index (χ2v) is 4.22. The largest absolute Gasteiger partial charge is 0.430 e. The minimum atomic E-state index is 0.355. The third kappa shape index (κ3) is 1.82. The average Bonchev–Trinajstić information content (AvgIpc) is 3.07. The number of rotatable bonds is 0. The summed E-state index contributed by atoms with van der Waals surface area (Å²) in [5.74, 6) is 6.36. The molecule has 0 aliphatic carbocycles. The summed E-state index contributed by atoms with van der Waals surface area (Å²) in [5.41, 5.74) is 3.01. The molecule has 0 atom stereocenters. The lowest BCUT2D eigenvalue weighted by molar-refractivity contribution is 0.580. The number of fused-ring (bicyclic) bond motifs is 2. The molecule has 0 saturated heterocycles. The van der Waals surface area contributed by atoms with Crippen molar-refractivity contribution in [3.8, 4) is 11.8 Å². The van der Waals surface area contributed by atoms with Crippen molar-refractivity contribution in [1.82, 2.24) is 9.97 Å². The molecule has 2 aromatic heterocycles. The van der Waals surface area contributed by atoms with Gasteiger partial charge in [-0.3, -0.25) is 0 Å². The number of oxazole rings is 2. The highest BCUT2D eigenvalue weighted by Crippen LogP contribution is 2.15. The van der Waals surface area contributed by atoms with Crippen LogP contribution in [0.5, 0.6) is 0 Å². The van der Waals surface area contributed by atoms with Gasteiger partial charge >= 0.3 is 0 Å². The highest BCUT2D eigenvalue weighted by atomic mass is 16.4. The highest BCUT2D eigenvalue weighted by molar-refractivity contribution is 5.73. The van der Waals surface area contributed by atoms with Crippen LogP contribution in [0.2, 0.25) is 0 Å². The molecule has 4 heteroatoms. The van der Waals surface area contributed by atoms with Crippen LogP contribution in [0.25, 0.3) is 22.2 Å². The SMILES string of the molecule is C(#Cc1nc2ccccc2o1)c1nc2ccccc2o1. The molecule has 0 bridgehead atoms. The Kier molecular flexibility index (Phi) is 2.30. The van der Waals surface area contributed by atoms with Gasteiger partial charge in [0.25, 0.3) is 11.8 Å². The van der Waals surface area contributed by atoms with E-state index in [1.807, 2.05) is 48.5 Å². The fourth-order valence-corrected chi connectivity index (χ4v) is 1.96. The fraction of sp³-hybridized carbons (Fsp3) is 0. The molecule has 0 unspecified atom stereocenters. The van der Waals surface area contributed by atoms with Crippen LogP contribution in [0.15, 0.2) is 57.4 Å². The molecule has 4 aromatic rings. The van der Waals surface area contributed by atoms with E-state index in [2.05, 4.69) is 21.8 Å². The predicted molar refractivity (Wildman–Crippen MR) is 74.0 cm³/mol. The Morgan fingerprint density at radius 3 is 1.55 bits per heavy atom. The molecule has 4 rings (SSSR count). The average molecular weight is 260 g/mol. The summed E-state index contributed by atoms with van der Waals surface area (Å²) in [7, 11) is 0. The molecular weight excluding hydrogens is 252 g/mol. The Balaban J connectivity index is 1.74. The first-order valence-electron chi connectivity index (χ1n) is 6.12. The Hall–Kier alpha value is -3.06. The third-order valence-electron chi connectivity index (χ3n) is 2.86. The summed E-state index contributed by atoms with van der Waals surface area (Å²) in [6.07, 6.45) is 0. The van der Waals surface area contributed by atoms with Crippen molar-refractivity contribution >= 4 is 22.2 Å². The van der Waals surface area contributed by atoms with Gasteiger partial charge in [0.05, 0.1) is 0 Å². The summed E-state index contributed by atoms with van der Waals surface area (Å²) >= 11 is 0. The Morgan fingerprint density at radius 2 is 1.10 bits per heavy atom. The van der Waals surface area contributed by atoms with E-state index in [-0.39, 0.29) is 0 Å². The highest BCUT2D eigenvalue weighted by Gasteiger charge is 2.03. The van der Waals surface area contributed by atoms with Crippen molar-refractivity contribution in [2.24, 2.45) is 0 Å². The van der Waals surface area contributed by atoms with Crippen LogP contribution in [-0.2, 0) is 0 Å². The van der Waals surface area contributed by atoms with Gasteiger partial charge in [-0.15, -0.1) is 0 Å². The zero-order valence-electron chi connectivity index (χ0n) is 10.3. The van der Waals surface area contributed by atoms with E-state index in [9.17, 15) is 0 Å². The second-order valence-electron chi connectivity index (χ2n) is 4.22. The Labute approximate surface area is 114 Å². The van der Waals surface area contributed by atoms with Crippen LogP contribution in [0, 0.1) is 11.8 Å². The molecule has 0 aliphatic rings. The summed E-state index contributed by atoms with van der Waals surface area (Å²) < 4.78 is 11.0. The molecule has 2 aromatic carbocycles. The smallest absolute Gasteiger partial charge is 0.274 e. The number of para-hydroxylation sites is 4. The minimum absolute atomic E-state index is 0.355. The van der Waals surface area contributed by atoms with Crippen LogP contribution in [-0.4, -0.2) is 9.97 Å². The van der Waals surface area contributed by atoms with E-state index in [1.54, 1.807) is 0 Å². The lowest BCUT2D eigenvalue weighted by atomic mass is 10.3. The molecule has 4 nitrogen and oxygen atoms in total. The molecule has 20 heavy (non-hydrogen) atoms. The van der Waals surface area contributed by atoms with E-state index >= 15 is 0 Å². The van der Waals surface area contributed by atoms with Crippen LogP contribution >= 0.6 is 0 Å². The number of hydrogen-bond acceptors (Lipinski definition) is 4. The van der Waals surface area contributed by atoms with E-state index in [0.29, 0.717) is 11.8 Å². The summed E-state index contributed by atoms with van der Waals surface area (Å²) in [4.78, 5) is 8.54. The fourth-order valence-electron chi connectivity index (χ4n) is 1.96. The third-order valence-corrected chi connectivity index (χ3v) is 2.86. The first-order chi connectivity index (χ1) is 9.88. The molecule has 0 saturated carbocycles. The maximum Gasteiger partial charge on any atom is 0.274 e. The van der Waals surface area contributed by atoms with Crippen LogP contribution in [0.4, 0.5) is 0 Å². The maximum absolute atomic E-state index is 5.51. The zero-order chi connectivity index (χ0) is 13.4. The Morgan fingerprint density at radius 1 is 0.650 bits per heavy atom. The van der Waals surface area contributed by atoms with Crippen molar-refractivity contribution in [1.29, 1.82) is 0 Å². The van der Waals surface area contributed by atoms with Crippen molar-refractivity contribution in [3.63, 3.8) is 0 Å². The number of aromatic nitrogens is 2. The van der Waals surface area contributed by atoms with E-state index in [1.165, 1.54) is 0 Å². The summed E-state index contributed by atoms with van der Waals surface area (Å²) in [6, 6.07) is 15.1. The second kappa shape index (κ2) is 4.25. The molecule has 0 spiro atoms. The molecule has 0 aliphatic heterocycles. The number of benzene rings is 2. The standard InChI is InChI=1S/C16H8N2O2/c1-3-7-13-11(5-1)17-15(19-13)9-10-16-18-12-6-2-4-8-14(12)20-16/h1-8H. The van der Waals surface area contributed by atoms with Gasteiger partial charge in [-0.25, -0.2) is 9.97 Å². The minimum Gasteiger partial charge on any atom is -0.430 e. The molecule has 2 heterocycles. The lowest BCUT2D eigenvalue weighted by Gasteiger charge is -1.79. The monoisotopic (exact) mass is 260 g/mol. The molecule has 0 N–H and O–H groups in total. The van der Waals surface area contributed by atoms with Gasteiger partial charge in [0.1, 0.15) is 11.0 Å². The first kappa shape index (κ1) is 10.8. The van der Waals surface area contributed by atoms with Gasteiger partial charge < -0.3 is 8.83 Å². The number of hydrogen-bond donors (Lipinski definition) is 0. The van der Waals surface area contributed by atoms with Gasteiger partial charge in [0.15, 0.2) is 11.2 Å². The van der Waals surface area contributed by atoms with Gasteiger partial charge in [0.2, 0.25) is 0 Å². The normalized spacial score (nSPS) is 10.6. The van der Waals surface area contributed by atoms with Crippen LogP contribution in [0.3, 0.4) is 0 Å². The van der Waals surface area contributed by atoms with Crippen molar-refractivity contribution in [2.45, 2.75) is 0 Å². The van der Waals surface area contributed by atoms with Gasteiger partial charge in [-0.2, -0.15) is 0 Å². The van der Waals surface area contributed by atoms with Crippen LogP contribution in [0.1, 0.15) is 11.8 Å². The lowest BCUT2D eigenvalue weighted by Crippen LogP contribution is -1.74. The quantitative estimate of drug-likeness (QED) is 0.455. The molecule has 94 valence electrons.